The van der Waals surface area contributed by atoms with Gasteiger partial charge in [-0.1, -0.05) is 38.5 Å². The first kappa shape index (κ1) is 11.5. The molecule has 70 valence electrons. The van der Waals surface area contributed by atoms with E-state index in [0.717, 1.165) is 12.3 Å². The molecule has 0 bridgehead atoms. The smallest absolute Gasteiger partial charge is 0.0262 e. The Hall–Kier alpha value is -0.520. The minimum atomic E-state index is 0.759. The highest BCUT2D eigenvalue weighted by atomic mass is 14.0. The Labute approximate surface area is 77.4 Å². The predicted molar refractivity (Wildman–Crippen MR) is 57.3 cm³/mol. The predicted octanol–water partition coefficient (Wildman–Crippen LogP) is 4.34. The third-order valence-corrected chi connectivity index (χ3v) is 2.02. The van der Waals surface area contributed by atoms with Gasteiger partial charge < -0.3 is 0 Å². The zero-order valence-electron chi connectivity index (χ0n) is 8.55. The van der Waals surface area contributed by atoms with Crippen molar-refractivity contribution in [2.24, 2.45) is 5.92 Å². The van der Waals surface area contributed by atoms with Crippen LogP contribution in [0, 0.1) is 5.92 Å². The third kappa shape index (κ3) is 7.59. The maximum absolute atomic E-state index is 3.71. The largest absolute Gasteiger partial charge is 0.103 e. The molecule has 0 aliphatic rings. The van der Waals surface area contributed by atoms with Crippen molar-refractivity contribution in [2.75, 3.05) is 0 Å². The molecular weight excluding hydrogens is 144 g/mol. The zero-order valence-corrected chi connectivity index (χ0v) is 8.55. The highest BCUT2D eigenvalue weighted by molar-refractivity contribution is 4.85. The van der Waals surface area contributed by atoms with Gasteiger partial charge >= 0.3 is 0 Å². The molecule has 0 nitrogen and oxygen atoms in total. The lowest BCUT2D eigenvalue weighted by Gasteiger charge is -2.04. The van der Waals surface area contributed by atoms with E-state index in [0.29, 0.717) is 0 Å². The molecule has 0 fully saturated rings. The van der Waals surface area contributed by atoms with E-state index < -0.39 is 0 Å². The van der Waals surface area contributed by atoms with Crippen molar-refractivity contribution in [3.8, 4) is 0 Å². The molecule has 1 atom stereocenters. The van der Waals surface area contributed by atoms with E-state index in [1.807, 2.05) is 6.08 Å². The van der Waals surface area contributed by atoms with Crippen molar-refractivity contribution < 1.29 is 0 Å². The molecule has 12 heavy (non-hydrogen) atoms. The average molecular weight is 166 g/mol. The summed E-state index contributed by atoms with van der Waals surface area (Å²) in [6, 6.07) is 0. The van der Waals surface area contributed by atoms with E-state index >= 15 is 0 Å². The lowest BCUT2D eigenvalue weighted by molar-refractivity contribution is 0.584. The summed E-state index contributed by atoms with van der Waals surface area (Å²) in [6.07, 6.45) is 12.9. The van der Waals surface area contributed by atoms with Crippen LogP contribution in [0.15, 0.2) is 24.8 Å². The fraction of sp³-hybridized carbons (Fsp3) is 0.667. The Balaban J connectivity index is 3.24. The Morgan fingerprint density at radius 2 is 2.08 bits per heavy atom. The molecule has 0 aromatic carbocycles. The van der Waals surface area contributed by atoms with Crippen LogP contribution in [0.1, 0.15) is 46.0 Å². The lowest BCUT2D eigenvalue weighted by atomic mass is 10.0. The maximum atomic E-state index is 3.71. The van der Waals surface area contributed by atoms with Gasteiger partial charge in [0.25, 0.3) is 0 Å². The van der Waals surface area contributed by atoms with Crippen LogP contribution in [0.5, 0.6) is 0 Å². The molecule has 0 rings (SSSR count). The molecule has 0 saturated heterocycles. The molecule has 0 aromatic rings. The molecular formula is C12H22. The van der Waals surface area contributed by atoms with E-state index in [1.165, 1.54) is 25.7 Å². The quantitative estimate of drug-likeness (QED) is 0.390. The second-order valence-electron chi connectivity index (χ2n) is 3.39. The standard InChI is InChI=1S/C12H22/c1-4-6-8-9-11-12(3)10-7-5-2/h4,7,10,12H,1,5-6,8-9,11H2,2-3H3/b10-7+. The van der Waals surface area contributed by atoms with Crippen LogP contribution in [0.4, 0.5) is 0 Å². The number of hydrogen-bond acceptors (Lipinski definition) is 0. The molecule has 0 saturated carbocycles. The van der Waals surface area contributed by atoms with Crippen LogP contribution >= 0.6 is 0 Å². The molecule has 0 heteroatoms. The third-order valence-electron chi connectivity index (χ3n) is 2.02. The molecule has 0 spiro atoms. The van der Waals surface area contributed by atoms with E-state index in [4.69, 9.17) is 0 Å². The first-order chi connectivity index (χ1) is 5.81. The summed E-state index contributed by atoms with van der Waals surface area (Å²) in [5.74, 6) is 0.759. The second-order valence-corrected chi connectivity index (χ2v) is 3.39. The Morgan fingerprint density at radius 3 is 2.67 bits per heavy atom. The van der Waals surface area contributed by atoms with Crippen molar-refractivity contribution in [3.05, 3.63) is 24.8 Å². The van der Waals surface area contributed by atoms with Crippen LogP contribution in [0.2, 0.25) is 0 Å². The summed E-state index contributed by atoms with van der Waals surface area (Å²) in [6.45, 7) is 8.19. The number of hydrogen-bond donors (Lipinski definition) is 0. The summed E-state index contributed by atoms with van der Waals surface area (Å²) in [5.41, 5.74) is 0. The normalized spacial score (nSPS) is 13.5. The van der Waals surface area contributed by atoms with Crippen LogP contribution in [-0.2, 0) is 0 Å². The van der Waals surface area contributed by atoms with Crippen molar-refractivity contribution in [3.63, 3.8) is 0 Å². The van der Waals surface area contributed by atoms with Crippen LogP contribution in [-0.4, -0.2) is 0 Å². The average Bonchev–Trinajstić information content (AvgIpc) is 2.09. The summed E-state index contributed by atoms with van der Waals surface area (Å²) in [4.78, 5) is 0. The number of unbranched alkanes of at least 4 members (excludes halogenated alkanes) is 2. The molecule has 0 amide bonds. The SMILES string of the molecule is C=CCCCCC(C)/C=C/CC. The molecule has 1 unspecified atom stereocenters. The maximum Gasteiger partial charge on any atom is -0.0262 e. The fourth-order valence-corrected chi connectivity index (χ4v) is 1.22. The zero-order chi connectivity index (χ0) is 9.23. The molecule has 0 N–H and O–H groups in total. The molecule has 0 aliphatic carbocycles. The molecule has 0 heterocycles. The highest BCUT2D eigenvalue weighted by Gasteiger charge is 1.95. The first-order valence-electron chi connectivity index (χ1n) is 5.08. The van der Waals surface area contributed by atoms with E-state index in [2.05, 4.69) is 32.6 Å². The minimum absolute atomic E-state index is 0.759. The Kier molecular flexibility index (Phi) is 8.20. The second kappa shape index (κ2) is 8.58. The van der Waals surface area contributed by atoms with Crippen LogP contribution < -0.4 is 0 Å². The molecule has 0 aliphatic heterocycles. The van der Waals surface area contributed by atoms with Crippen LogP contribution in [0.3, 0.4) is 0 Å². The summed E-state index contributed by atoms with van der Waals surface area (Å²) >= 11 is 0. The van der Waals surface area contributed by atoms with Crippen LogP contribution in [0.25, 0.3) is 0 Å². The van der Waals surface area contributed by atoms with Gasteiger partial charge in [-0.25, -0.2) is 0 Å². The molecule has 0 aromatic heterocycles. The first-order valence-corrected chi connectivity index (χ1v) is 5.08. The van der Waals surface area contributed by atoms with Gasteiger partial charge in [-0.05, 0) is 31.6 Å². The van der Waals surface area contributed by atoms with Crippen molar-refractivity contribution in [1.82, 2.24) is 0 Å². The minimum Gasteiger partial charge on any atom is -0.103 e. The van der Waals surface area contributed by atoms with Gasteiger partial charge in [-0.15, -0.1) is 6.58 Å². The van der Waals surface area contributed by atoms with E-state index in [9.17, 15) is 0 Å². The Bertz CT molecular complexity index is 122. The van der Waals surface area contributed by atoms with Gasteiger partial charge in [0.15, 0.2) is 0 Å². The Morgan fingerprint density at radius 1 is 1.33 bits per heavy atom. The number of allylic oxidation sites excluding steroid dienone is 3. The van der Waals surface area contributed by atoms with Gasteiger partial charge in [0.2, 0.25) is 0 Å². The highest BCUT2D eigenvalue weighted by Crippen LogP contribution is 2.10. The topological polar surface area (TPSA) is 0 Å². The van der Waals surface area contributed by atoms with Crippen molar-refractivity contribution in [1.29, 1.82) is 0 Å². The van der Waals surface area contributed by atoms with Gasteiger partial charge in [-0.3, -0.25) is 0 Å². The van der Waals surface area contributed by atoms with Crippen molar-refractivity contribution in [2.45, 2.75) is 46.0 Å². The fourth-order valence-electron chi connectivity index (χ4n) is 1.22. The lowest BCUT2D eigenvalue weighted by Crippen LogP contribution is -1.88. The number of rotatable bonds is 7. The summed E-state index contributed by atoms with van der Waals surface area (Å²) in [5, 5.41) is 0. The van der Waals surface area contributed by atoms with E-state index in [-0.39, 0.29) is 0 Å². The molecule has 0 radical (unpaired) electrons. The van der Waals surface area contributed by atoms with Gasteiger partial charge in [-0.2, -0.15) is 0 Å². The summed E-state index contributed by atoms with van der Waals surface area (Å²) < 4.78 is 0. The summed E-state index contributed by atoms with van der Waals surface area (Å²) in [7, 11) is 0. The van der Waals surface area contributed by atoms with E-state index in [1.54, 1.807) is 0 Å². The van der Waals surface area contributed by atoms with Gasteiger partial charge in [0.05, 0.1) is 0 Å². The monoisotopic (exact) mass is 166 g/mol. The van der Waals surface area contributed by atoms with Crippen molar-refractivity contribution >= 4 is 0 Å². The van der Waals surface area contributed by atoms with Gasteiger partial charge in [0.1, 0.15) is 0 Å². The van der Waals surface area contributed by atoms with Gasteiger partial charge in [0, 0.05) is 0 Å².